The van der Waals surface area contributed by atoms with Crippen LogP contribution < -0.4 is 15.6 Å². The van der Waals surface area contributed by atoms with Gasteiger partial charge < -0.3 is 29.4 Å². The molecule has 17 heteroatoms. The molecule has 2 saturated heterocycles. The number of carbonyl (C=O) groups excluding carboxylic acids is 1. The number of aromatic amines is 1. The van der Waals surface area contributed by atoms with Crippen LogP contribution in [0.25, 0.3) is 38.9 Å². The number of ether oxygens (including phenoxy) is 1. The van der Waals surface area contributed by atoms with Gasteiger partial charge >= 0.3 is 13.8 Å². The normalized spacial score (nSPS) is 21.6. The first-order valence-electron chi connectivity index (χ1n) is 16.8. The lowest BCUT2D eigenvalue weighted by Crippen LogP contribution is -2.71. The number of fused-ring (bicyclic) bond motifs is 3. The summed E-state index contributed by atoms with van der Waals surface area (Å²) in [6.07, 6.45) is 5.95. The Morgan fingerprint density at radius 2 is 2.04 bits per heavy atom. The van der Waals surface area contributed by atoms with Crippen molar-refractivity contribution in [3.05, 3.63) is 70.4 Å². The van der Waals surface area contributed by atoms with E-state index in [0.29, 0.717) is 35.6 Å². The summed E-state index contributed by atoms with van der Waals surface area (Å²) in [5, 5.41) is 3.06. The number of nitrogens with zero attached hydrogens (tertiary/aromatic N) is 5. The second-order valence-corrected chi connectivity index (χ2v) is 15.7. The first kappa shape index (κ1) is 37.3. The zero-order chi connectivity index (χ0) is 37.9. The van der Waals surface area contributed by atoms with E-state index in [2.05, 4.69) is 26.8 Å². The summed E-state index contributed by atoms with van der Waals surface area (Å²) >= 11 is 0. The summed E-state index contributed by atoms with van der Waals surface area (Å²) in [6.45, 7) is 10.9. The van der Waals surface area contributed by atoms with E-state index in [1.807, 2.05) is 11.9 Å². The first-order valence-corrected chi connectivity index (χ1v) is 18.3. The Labute approximate surface area is 298 Å². The molecule has 278 valence electrons. The Hall–Kier alpha value is -4.47. The molecule has 2 aliphatic rings. The van der Waals surface area contributed by atoms with Gasteiger partial charge in [-0.25, -0.2) is 32.6 Å². The maximum Gasteiger partial charge on any atom is 0.477 e. The Kier molecular flexibility index (Phi) is 9.68. The van der Waals surface area contributed by atoms with Crippen molar-refractivity contribution in [3.8, 4) is 11.1 Å². The highest BCUT2D eigenvalue weighted by molar-refractivity contribution is 7.47. The molecule has 2 fully saturated rings. The number of hydrogen-bond donors (Lipinski definition) is 3. The number of anilines is 1. The monoisotopic (exact) mass is 742 g/mol. The van der Waals surface area contributed by atoms with Crippen molar-refractivity contribution in [3.63, 3.8) is 0 Å². The molecule has 0 amide bonds. The van der Waals surface area contributed by atoms with Crippen LogP contribution in [0.1, 0.15) is 50.2 Å². The van der Waals surface area contributed by atoms with E-state index in [0.717, 1.165) is 12.5 Å². The number of pyridine rings is 3. The lowest BCUT2D eigenvalue weighted by molar-refractivity contribution is -0.993. The molecule has 4 atom stereocenters. The van der Waals surface area contributed by atoms with Crippen molar-refractivity contribution in [1.29, 1.82) is 0 Å². The SMILES string of the molecule is C=C(F)/C=C(/NC)c1[nH]c2ncc(-c3cnc4c(c3)c(=O)c(C(=O)OCC)cn4C)c(N3CCC4C[N+](C)(COP(=O)(O)OC(C)(C)C)C43)c2c1F. The Morgan fingerprint density at radius 3 is 2.69 bits per heavy atom. The van der Waals surface area contributed by atoms with Gasteiger partial charge in [-0.3, -0.25) is 13.8 Å². The minimum absolute atomic E-state index is 0.0442. The molecule has 0 radical (unpaired) electrons. The topological polar surface area (TPSA) is 161 Å². The van der Waals surface area contributed by atoms with Crippen LogP contribution in [0.2, 0.25) is 0 Å². The van der Waals surface area contributed by atoms with Crippen molar-refractivity contribution in [2.45, 2.75) is 45.9 Å². The third kappa shape index (κ3) is 6.76. The van der Waals surface area contributed by atoms with Crippen molar-refractivity contribution in [2.24, 2.45) is 13.0 Å². The standard InChI is InChI=1S/C35H42F2N7O7P/c1-9-49-34(46)24-16-42(7)32-22(30(24)45)13-21(14-40-32)23-15-39-31-26(27(37)28(41-31)25(38-6)12-19(2)36)29(23)43-11-10-20-17-44(8,33(20)43)18-50-52(47,48)51-35(3,4)5/h12-16,20,33,38H,2,9-11,17-18H2,1,3-8H3,(H-,39,41,47,48)/p+1/b25-12+. The average molecular weight is 743 g/mol. The number of rotatable bonds is 11. The molecule has 2 aliphatic heterocycles. The number of esters is 1. The number of allylic oxidation sites excluding steroid dienone is 2. The second kappa shape index (κ2) is 13.5. The zero-order valence-electron chi connectivity index (χ0n) is 30.1. The van der Waals surface area contributed by atoms with Gasteiger partial charge in [0.05, 0.1) is 53.9 Å². The third-order valence-corrected chi connectivity index (χ3v) is 10.6. The predicted molar refractivity (Wildman–Crippen MR) is 192 cm³/mol. The lowest BCUT2D eigenvalue weighted by Gasteiger charge is -2.54. The van der Waals surface area contributed by atoms with E-state index in [4.69, 9.17) is 13.8 Å². The lowest BCUT2D eigenvalue weighted by atomic mass is 9.92. The highest BCUT2D eigenvalue weighted by atomic mass is 31.2. The summed E-state index contributed by atoms with van der Waals surface area (Å²) in [7, 11) is 0.646. The molecule has 52 heavy (non-hydrogen) atoms. The number of quaternary nitrogens is 1. The summed E-state index contributed by atoms with van der Waals surface area (Å²) in [4.78, 5) is 51.0. The Bertz CT molecular complexity index is 2250. The number of H-pyrrole nitrogens is 1. The minimum atomic E-state index is -4.43. The average Bonchev–Trinajstić information content (AvgIpc) is 3.59. The number of phosphoric acid groups is 1. The van der Waals surface area contributed by atoms with Crippen molar-refractivity contribution in [2.75, 3.05) is 45.4 Å². The van der Waals surface area contributed by atoms with Gasteiger partial charge in [0.1, 0.15) is 28.4 Å². The van der Waals surface area contributed by atoms with Gasteiger partial charge in [-0.15, -0.1) is 0 Å². The molecular weight excluding hydrogens is 699 g/mol. The largest absolute Gasteiger partial charge is 0.477 e. The number of phosphoric ester groups is 1. The summed E-state index contributed by atoms with van der Waals surface area (Å²) < 4.78 is 61.4. The molecule has 0 bridgehead atoms. The predicted octanol–water partition coefficient (Wildman–Crippen LogP) is 5.34. The number of aryl methyl sites for hydroxylation is 1. The van der Waals surface area contributed by atoms with Crippen LogP contribution in [0.5, 0.6) is 0 Å². The smallest absolute Gasteiger partial charge is 0.462 e. The Balaban J connectivity index is 1.54. The zero-order valence-corrected chi connectivity index (χ0v) is 31.0. The third-order valence-electron chi connectivity index (χ3n) is 9.36. The van der Waals surface area contributed by atoms with Crippen molar-refractivity contribution < 1.29 is 41.3 Å². The highest BCUT2D eigenvalue weighted by Crippen LogP contribution is 2.52. The molecule has 4 aromatic rings. The maximum atomic E-state index is 16.8. The van der Waals surface area contributed by atoms with Crippen molar-refractivity contribution in [1.82, 2.24) is 24.8 Å². The van der Waals surface area contributed by atoms with Crippen LogP contribution in [-0.4, -0.2) is 87.2 Å². The minimum Gasteiger partial charge on any atom is -0.462 e. The molecule has 4 aromatic heterocycles. The molecule has 3 N–H and O–H groups in total. The molecule has 0 spiro atoms. The highest BCUT2D eigenvalue weighted by Gasteiger charge is 2.59. The van der Waals surface area contributed by atoms with E-state index in [1.54, 1.807) is 57.8 Å². The number of hydrogen-bond acceptors (Lipinski definition) is 10. The molecular formula is C35H43F2N7O7P+. The van der Waals surface area contributed by atoms with Crippen LogP contribution in [0.3, 0.4) is 0 Å². The molecule has 6 heterocycles. The second-order valence-electron chi connectivity index (χ2n) is 14.4. The van der Waals surface area contributed by atoms with E-state index >= 15 is 4.39 Å². The molecule has 0 aromatic carbocycles. The van der Waals surface area contributed by atoms with Gasteiger partial charge in [-0.05, 0) is 46.3 Å². The first-order chi connectivity index (χ1) is 24.4. The van der Waals surface area contributed by atoms with E-state index < -0.39 is 36.5 Å². The van der Waals surface area contributed by atoms with Gasteiger partial charge in [-0.2, -0.15) is 0 Å². The number of halogens is 2. The van der Waals surface area contributed by atoms with Crippen LogP contribution in [0.15, 0.2) is 47.9 Å². The Morgan fingerprint density at radius 1 is 1.31 bits per heavy atom. The summed E-state index contributed by atoms with van der Waals surface area (Å²) in [5.74, 6) is -2.13. The summed E-state index contributed by atoms with van der Waals surface area (Å²) in [6, 6.07) is 1.59. The number of carbonyl (C=O) groups is 1. The fourth-order valence-electron chi connectivity index (χ4n) is 7.42. The van der Waals surface area contributed by atoms with Gasteiger partial charge in [0.25, 0.3) is 0 Å². The van der Waals surface area contributed by atoms with Gasteiger partial charge in [0, 0.05) is 50.4 Å². The fraction of sp³-hybridized carbons (Fsp3) is 0.429. The summed E-state index contributed by atoms with van der Waals surface area (Å²) in [5.41, 5.74) is 0.172. The van der Waals surface area contributed by atoms with Gasteiger partial charge in [-0.1, -0.05) is 6.58 Å². The van der Waals surface area contributed by atoms with E-state index in [9.17, 15) is 23.4 Å². The van der Waals surface area contributed by atoms with Crippen LogP contribution in [0.4, 0.5) is 14.5 Å². The van der Waals surface area contributed by atoms with E-state index in [1.165, 1.54) is 13.2 Å². The van der Waals surface area contributed by atoms with Gasteiger partial charge in [0.15, 0.2) is 18.7 Å². The van der Waals surface area contributed by atoms with Gasteiger partial charge in [0.2, 0.25) is 5.43 Å². The van der Waals surface area contributed by atoms with Crippen LogP contribution >= 0.6 is 7.82 Å². The quantitative estimate of drug-likeness (QED) is 0.0788. The number of aromatic nitrogens is 4. The maximum absolute atomic E-state index is 16.8. The number of nitrogens with one attached hydrogen (secondary N) is 2. The van der Waals surface area contributed by atoms with E-state index in [-0.39, 0.29) is 63.3 Å². The van der Waals surface area contributed by atoms with Crippen LogP contribution in [0, 0.1) is 11.7 Å². The molecule has 14 nitrogen and oxygen atoms in total. The molecule has 4 unspecified atom stereocenters. The fourth-order valence-corrected chi connectivity index (χ4v) is 8.57. The van der Waals surface area contributed by atoms with Crippen LogP contribution in [-0.2, 0) is 25.4 Å². The molecule has 6 rings (SSSR count). The molecule has 0 saturated carbocycles. The molecule has 0 aliphatic carbocycles. The number of likely N-dealkylation sites (tertiary alicyclic amines) is 1. The van der Waals surface area contributed by atoms with Crippen molar-refractivity contribution >= 4 is 47.2 Å².